The van der Waals surface area contributed by atoms with Crippen molar-refractivity contribution in [1.29, 1.82) is 0 Å². The second-order valence-electron chi connectivity index (χ2n) is 5.35. The minimum absolute atomic E-state index is 0.0596. The van der Waals surface area contributed by atoms with Gasteiger partial charge in [0.25, 0.3) is 0 Å². The third-order valence-corrected chi connectivity index (χ3v) is 4.35. The van der Waals surface area contributed by atoms with Gasteiger partial charge in [-0.15, -0.1) is 0 Å². The lowest BCUT2D eigenvalue weighted by Gasteiger charge is -2.13. The molecule has 3 N–H and O–H groups in total. The molecule has 0 saturated heterocycles. The number of aromatic nitrogens is 2. The Bertz CT molecular complexity index is 756. The molecule has 124 valence electrons. The molecule has 1 atom stereocenters. The highest BCUT2D eigenvalue weighted by molar-refractivity contribution is 7.89. The number of amides is 1. The van der Waals surface area contributed by atoms with E-state index in [0.717, 1.165) is 5.56 Å². The van der Waals surface area contributed by atoms with E-state index in [1.165, 1.54) is 17.1 Å². The molecule has 0 saturated carbocycles. The molecule has 7 nitrogen and oxygen atoms in total. The van der Waals surface area contributed by atoms with Crippen LogP contribution in [-0.2, 0) is 21.4 Å². The highest BCUT2D eigenvalue weighted by Gasteiger charge is 2.12. The molecule has 0 unspecified atom stereocenters. The van der Waals surface area contributed by atoms with Crippen LogP contribution in [0.15, 0.2) is 47.6 Å². The van der Waals surface area contributed by atoms with Crippen LogP contribution < -0.4 is 10.5 Å². The summed E-state index contributed by atoms with van der Waals surface area (Å²) >= 11 is 0. The molecule has 1 aromatic heterocycles. The number of nitrogens with zero attached hydrogens (tertiary/aromatic N) is 2. The van der Waals surface area contributed by atoms with Crippen molar-refractivity contribution in [2.45, 2.75) is 30.7 Å². The normalized spacial score (nSPS) is 12.8. The lowest BCUT2D eigenvalue weighted by atomic mass is 10.0. The van der Waals surface area contributed by atoms with Gasteiger partial charge in [0.15, 0.2) is 0 Å². The Morgan fingerprint density at radius 1 is 1.35 bits per heavy atom. The van der Waals surface area contributed by atoms with Crippen molar-refractivity contribution in [3.8, 4) is 0 Å². The van der Waals surface area contributed by atoms with Gasteiger partial charge in [-0.05, 0) is 11.5 Å². The van der Waals surface area contributed by atoms with Crippen molar-refractivity contribution in [2.24, 2.45) is 5.14 Å². The number of aryl methyl sites for hydroxylation is 1. The van der Waals surface area contributed by atoms with Crippen LogP contribution >= 0.6 is 0 Å². The number of benzene rings is 1. The molecular weight excluding hydrogens is 316 g/mol. The molecule has 2 aromatic rings. The second kappa shape index (κ2) is 7.38. The van der Waals surface area contributed by atoms with Gasteiger partial charge in [0.2, 0.25) is 15.9 Å². The molecule has 0 fully saturated rings. The Balaban J connectivity index is 1.78. The van der Waals surface area contributed by atoms with Gasteiger partial charge in [-0.25, -0.2) is 13.6 Å². The number of nitrogens with two attached hydrogens (primary N) is 1. The summed E-state index contributed by atoms with van der Waals surface area (Å²) in [7, 11) is -3.76. The Morgan fingerprint density at radius 2 is 2.04 bits per heavy atom. The predicted molar refractivity (Wildman–Crippen MR) is 86.1 cm³/mol. The summed E-state index contributed by atoms with van der Waals surface area (Å²) in [6.07, 6.45) is 2.70. The van der Waals surface area contributed by atoms with E-state index in [9.17, 15) is 13.2 Å². The monoisotopic (exact) mass is 336 g/mol. The van der Waals surface area contributed by atoms with Crippen molar-refractivity contribution in [2.75, 3.05) is 6.54 Å². The first kappa shape index (κ1) is 17.2. The van der Waals surface area contributed by atoms with E-state index in [0.29, 0.717) is 13.1 Å². The van der Waals surface area contributed by atoms with Gasteiger partial charge in [0.1, 0.15) is 4.90 Å². The summed E-state index contributed by atoms with van der Waals surface area (Å²) in [4.78, 5) is 11.8. The van der Waals surface area contributed by atoms with E-state index in [1.807, 2.05) is 37.3 Å². The third-order valence-electron chi connectivity index (χ3n) is 3.48. The smallest absolute Gasteiger partial charge is 0.241 e. The summed E-state index contributed by atoms with van der Waals surface area (Å²) in [5.41, 5.74) is 1.16. The molecule has 0 radical (unpaired) electrons. The van der Waals surface area contributed by atoms with E-state index in [2.05, 4.69) is 10.4 Å². The summed E-state index contributed by atoms with van der Waals surface area (Å²) in [6, 6.07) is 9.93. The Hall–Kier alpha value is -2.19. The van der Waals surface area contributed by atoms with Crippen molar-refractivity contribution in [3.63, 3.8) is 0 Å². The van der Waals surface area contributed by atoms with E-state index < -0.39 is 10.0 Å². The number of primary sulfonamides is 1. The Labute approximate surface area is 135 Å². The topological polar surface area (TPSA) is 107 Å². The van der Waals surface area contributed by atoms with Crippen LogP contribution in [0.2, 0.25) is 0 Å². The maximum Gasteiger partial charge on any atom is 0.241 e. The lowest BCUT2D eigenvalue weighted by Crippen LogP contribution is -2.28. The number of hydrogen-bond donors (Lipinski definition) is 2. The van der Waals surface area contributed by atoms with Crippen molar-refractivity contribution < 1.29 is 13.2 Å². The average molecular weight is 336 g/mol. The summed E-state index contributed by atoms with van der Waals surface area (Å²) < 4.78 is 23.7. The molecule has 8 heteroatoms. The standard InChI is InChI=1S/C15H20N4O3S/c1-12(13-5-3-2-4-6-13)9-17-15(20)7-8-19-11-14(10-18-19)23(16,21)22/h2-6,10-12H,7-9H2,1H3,(H,17,20)(H2,16,21,22)/t12-/m1/s1. The first-order valence-electron chi connectivity index (χ1n) is 7.23. The Kier molecular flexibility index (Phi) is 5.51. The fourth-order valence-electron chi connectivity index (χ4n) is 2.08. The Morgan fingerprint density at radius 3 is 2.65 bits per heavy atom. The summed E-state index contributed by atoms with van der Waals surface area (Å²) in [6.45, 7) is 2.88. The maximum atomic E-state index is 11.9. The van der Waals surface area contributed by atoms with Crippen LogP contribution in [0.5, 0.6) is 0 Å². The van der Waals surface area contributed by atoms with Gasteiger partial charge in [0, 0.05) is 25.7 Å². The molecule has 0 aliphatic rings. The highest BCUT2D eigenvalue weighted by Crippen LogP contribution is 2.13. The van der Waals surface area contributed by atoms with E-state index in [4.69, 9.17) is 5.14 Å². The van der Waals surface area contributed by atoms with Crippen LogP contribution in [0, 0.1) is 0 Å². The first-order chi connectivity index (χ1) is 10.9. The molecule has 0 aliphatic heterocycles. The number of rotatable bonds is 7. The molecule has 0 bridgehead atoms. The third kappa shape index (κ3) is 5.19. The van der Waals surface area contributed by atoms with Gasteiger partial charge in [-0.2, -0.15) is 5.10 Å². The van der Waals surface area contributed by atoms with Crippen LogP contribution in [0.3, 0.4) is 0 Å². The molecule has 1 aromatic carbocycles. The molecule has 23 heavy (non-hydrogen) atoms. The number of carbonyl (C=O) groups is 1. The van der Waals surface area contributed by atoms with Crippen LogP contribution in [0.4, 0.5) is 0 Å². The SMILES string of the molecule is C[C@H](CNC(=O)CCn1cc(S(N)(=O)=O)cn1)c1ccccc1. The quantitative estimate of drug-likeness (QED) is 0.781. The van der Waals surface area contributed by atoms with Crippen molar-refractivity contribution >= 4 is 15.9 Å². The number of hydrogen-bond acceptors (Lipinski definition) is 4. The van der Waals surface area contributed by atoms with Gasteiger partial charge >= 0.3 is 0 Å². The largest absolute Gasteiger partial charge is 0.355 e. The zero-order chi connectivity index (χ0) is 16.9. The van der Waals surface area contributed by atoms with E-state index in [-0.39, 0.29) is 23.1 Å². The number of sulfonamides is 1. The molecule has 1 heterocycles. The van der Waals surface area contributed by atoms with Gasteiger partial charge in [-0.3, -0.25) is 9.48 Å². The summed E-state index contributed by atoms with van der Waals surface area (Å²) in [5.74, 6) is 0.110. The van der Waals surface area contributed by atoms with Gasteiger partial charge < -0.3 is 5.32 Å². The fraction of sp³-hybridized carbons (Fsp3) is 0.333. The van der Waals surface area contributed by atoms with Crippen LogP contribution in [-0.4, -0.2) is 30.7 Å². The minimum atomic E-state index is -3.76. The minimum Gasteiger partial charge on any atom is -0.355 e. The van der Waals surface area contributed by atoms with Crippen molar-refractivity contribution in [3.05, 3.63) is 48.3 Å². The van der Waals surface area contributed by atoms with Gasteiger partial charge in [-0.1, -0.05) is 37.3 Å². The number of nitrogens with one attached hydrogen (secondary N) is 1. The second-order valence-corrected chi connectivity index (χ2v) is 6.91. The summed E-state index contributed by atoms with van der Waals surface area (Å²) in [5, 5.41) is 11.7. The van der Waals surface area contributed by atoms with E-state index in [1.54, 1.807) is 0 Å². The van der Waals surface area contributed by atoms with Crippen LogP contribution in [0.25, 0.3) is 0 Å². The van der Waals surface area contributed by atoms with Crippen molar-refractivity contribution in [1.82, 2.24) is 15.1 Å². The molecule has 2 rings (SSSR count). The maximum absolute atomic E-state index is 11.9. The number of carbonyl (C=O) groups excluding carboxylic acids is 1. The molecule has 1 amide bonds. The average Bonchev–Trinajstić information content (AvgIpc) is 3.00. The molecule has 0 aliphatic carbocycles. The molecular formula is C15H20N4O3S. The highest BCUT2D eigenvalue weighted by atomic mass is 32.2. The van der Waals surface area contributed by atoms with Gasteiger partial charge in [0.05, 0.1) is 6.20 Å². The van der Waals surface area contributed by atoms with Crippen LogP contribution in [0.1, 0.15) is 24.8 Å². The zero-order valence-electron chi connectivity index (χ0n) is 12.8. The van der Waals surface area contributed by atoms with E-state index >= 15 is 0 Å². The molecule has 0 spiro atoms. The predicted octanol–water partition coefficient (Wildman–Crippen LogP) is 0.841. The fourth-order valence-corrected chi connectivity index (χ4v) is 2.55. The lowest BCUT2D eigenvalue weighted by molar-refractivity contribution is -0.121. The zero-order valence-corrected chi connectivity index (χ0v) is 13.7. The first-order valence-corrected chi connectivity index (χ1v) is 8.78.